The quantitative estimate of drug-likeness (QED) is 0.773. The van der Waals surface area contributed by atoms with Gasteiger partial charge in [0.15, 0.2) is 5.78 Å². The number of anilines is 1. The SMILES string of the molecule is O=C1CCCC/C1=C/Nc1cccc(F)c1. The fourth-order valence-electron chi connectivity index (χ4n) is 1.80. The molecule has 1 fully saturated rings. The summed E-state index contributed by atoms with van der Waals surface area (Å²) in [6.45, 7) is 0. The van der Waals surface area contributed by atoms with E-state index < -0.39 is 0 Å². The van der Waals surface area contributed by atoms with Gasteiger partial charge in [-0.1, -0.05) is 6.07 Å². The molecule has 0 aliphatic heterocycles. The first-order chi connectivity index (χ1) is 7.75. The van der Waals surface area contributed by atoms with Crippen molar-refractivity contribution < 1.29 is 9.18 Å². The molecule has 1 aromatic rings. The molecule has 1 saturated carbocycles. The monoisotopic (exact) mass is 219 g/mol. The molecule has 84 valence electrons. The summed E-state index contributed by atoms with van der Waals surface area (Å²) in [6, 6.07) is 6.21. The fourth-order valence-corrected chi connectivity index (χ4v) is 1.80. The Balaban J connectivity index is 2.05. The first-order valence-corrected chi connectivity index (χ1v) is 5.50. The van der Waals surface area contributed by atoms with Crippen LogP contribution in [-0.2, 0) is 4.79 Å². The van der Waals surface area contributed by atoms with E-state index in [1.165, 1.54) is 12.1 Å². The van der Waals surface area contributed by atoms with Crippen LogP contribution in [0.1, 0.15) is 25.7 Å². The summed E-state index contributed by atoms with van der Waals surface area (Å²) in [5, 5.41) is 2.96. The average molecular weight is 219 g/mol. The summed E-state index contributed by atoms with van der Waals surface area (Å²) in [4.78, 5) is 11.5. The van der Waals surface area contributed by atoms with Crippen molar-refractivity contribution in [3.8, 4) is 0 Å². The molecular weight excluding hydrogens is 205 g/mol. The molecule has 1 aliphatic rings. The fraction of sp³-hybridized carbons (Fsp3) is 0.308. The van der Waals surface area contributed by atoms with E-state index in [0.29, 0.717) is 12.1 Å². The van der Waals surface area contributed by atoms with Gasteiger partial charge in [0, 0.05) is 23.9 Å². The van der Waals surface area contributed by atoms with Gasteiger partial charge in [0.25, 0.3) is 0 Å². The molecule has 3 heteroatoms. The maximum atomic E-state index is 12.9. The minimum atomic E-state index is -0.279. The molecule has 0 spiro atoms. The van der Waals surface area contributed by atoms with Gasteiger partial charge in [-0.3, -0.25) is 4.79 Å². The van der Waals surface area contributed by atoms with Crippen LogP contribution in [0.15, 0.2) is 36.0 Å². The molecule has 0 bridgehead atoms. The molecule has 2 nitrogen and oxygen atoms in total. The van der Waals surface area contributed by atoms with Crippen LogP contribution in [0.25, 0.3) is 0 Å². The minimum absolute atomic E-state index is 0.204. The van der Waals surface area contributed by atoms with E-state index in [2.05, 4.69) is 5.32 Å². The van der Waals surface area contributed by atoms with E-state index >= 15 is 0 Å². The van der Waals surface area contributed by atoms with Crippen LogP contribution in [0.4, 0.5) is 10.1 Å². The molecule has 0 heterocycles. The van der Waals surface area contributed by atoms with Crippen molar-refractivity contribution in [2.24, 2.45) is 0 Å². The summed E-state index contributed by atoms with van der Waals surface area (Å²) in [5.74, 6) is -0.0754. The number of allylic oxidation sites excluding steroid dienone is 1. The van der Waals surface area contributed by atoms with Gasteiger partial charge < -0.3 is 5.32 Å². The summed E-state index contributed by atoms with van der Waals surface area (Å²) in [5.41, 5.74) is 1.49. The zero-order chi connectivity index (χ0) is 11.4. The summed E-state index contributed by atoms with van der Waals surface area (Å²) in [6.07, 6.45) is 5.20. The molecule has 0 atom stereocenters. The number of carbonyl (C=O) groups is 1. The van der Waals surface area contributed by atoms with Gasteiger partial charge in [-0.25, -0.2) is 4.39 Å². The van der Waals surface area contributed by atoms with Crippen LogP contribution >= 0.6 is 0 Å². The highest BCUT2D eigenvalue weighted by atomic mass is 19.1. The highest BCUT2D eigenvalue weighted by Crippen LogP contribution is 2.20. The third-order valence-electron chi connectivity index (χ3n) is 2.70. The molecule has 1 N–H and O–H groups in total. The predicted molar refractivity (Wildman–Crippen MR) is 61.6 cm³/mol. The van der Waals surface area contributed by atoms with Gasteiger partial charge in [0.1, 0.15) is 5.82 Å². The van der Waals surface area contributed by atoms with Crippen molar-refractivity contribution in [1.82, 2.24) is 0 Å². The van der Waals surface area contributed by atoms with Crippen molar-refractivity contribution >= 4 is 11.5 Å². The second-order valence-corrected chi connectivity index (χ2v) is 3.95. The summed E-state index contributed by atoms with van der Waals surface area (Å²) < 4.78 is 12.9. The van der Waals surface area contributed by atoms with Crippen LogP contribution in [-0.4, -0.2) is 5.78 Å². The largest absolute Gasteiger partial charge is 0.361 e. The van der Waals surface area contributed by atoms with Gasteiger partial charge in [-0.15, -0.1) is 0 Å². The predicted octanol–water partition coefficient (Wildman–Crippen LogP) is 3.26. The molecule has 0 aromatic heterocycles. The third kappa shape index (κ3) is 2.69. The van der Waals surface area contributed by atoms with Crippen LogP contribution in [0.2, 0.25) is 0 Å². The lowest BCUT2D eigenvalue weighted by molar-refractivity contribution is -0.116. The molecule has 1 aromatic carbocycles. The summed E-state index contributed by atoms with van der Waals surface area (Å²) in [7, 11) is 0. The maximum absolute atomic E-state index is 12.9. The third-order valence-corrected chi connectivity index (χ3v) is 2.70. The van der Waals surface area contributed by atoms with Crippen molar-refractivity contribution in [3.63, 3.8) is 0 Å². The molecular formula is C13H14FNO. The molecule has 0 radical (unpaired) electrons. The molecule has 0 saturated heterocycles. The normalized spacial score (nSPS) is 18.8. The molecule has 0 amide bonds. The van der Waals surface area contributed by atoms with E-state index in [-0.39, 0.29) is 11.6 Å². The zero-order valence-electron chi connectivity index (χ0n) is 9.00. The number of Topliss-reactive ketones (excluding diaryl/α,β-unsaturated/α-hetero) is 1. The van der Waals surface area contributed by atoms with Gasteiger partial charge in [0.05, 0.1) is 0 Å². The van der Waals surface area contributed by atoms with E-state index in [9.17, 15) is 9.18 Å². The highest BCUT2D eigenvalue weighted by molar-refractivity contribution is 5.96. The lowest BCUT2D eigenvalue weighted by Crippen LogP contribution is -2.09. The average Bonchev–Trinajstić information content (AvgIpc) is 2.28. The lowest BCUT2D eigenvalue weighted by Gasteiger charge is -2.12. The number of hydrogen-bond acceptors (Lipinski definition) is 2. The standard InChI is InChI=1S/C13H14FNO/c14-11-5-3-6-12(8-11)15-9-10-4-1-2-7-13(10)16/h3,5-6,8-9,15H,1-2,4,7H2/b10-9-. The van der Waals surface area contributed by atoms with Gasteiger partial charge in [-0.2, -0.15) is 0 Å². The van der Waals surface area contributed by atoms with Crippen LogP contribution in [0.5, 0.6) is 0 Å². The molecule has 16 heavy (non-hydrogen) atoms. The number of carbonyl (C=O) groups excluding carboxylic acids is 1. The van der Waals surface area contributed by atoms with Crippen LogP contribution < -0.4 is 5.32 Å². The smallest absolute Gasteiger partial charge is 0.160 e. The van der Waals surface area contributed by atoms with Crippen molar-refractivity contribution in [2.75, 3.05) is 5.32 Å². The Labute approximate surface area is 94.2 Å². The van der Waals surface area contributed by atoms with Gasteiger partial charge >= 0.3 is 0 Å². The lowest BCUT2D eigenvalue weighted by atomic mass is 9.94. The van der Waals surface area contributed by atoms with E-state index in [1.807, 2.05) is 0 Å². The van der Waals surface area contributed by atoms with Gasteiger partial charge in [-0.05, 0) is 37.5 Å². The number of benzene rings is 1. The number of halogens is 1. The first kappa shape index (κ1) is 10.9. The second kappa shape index (κ2) is 4.92. The van der Waals surface area contributed by atoms with E-state index in [0.717, 1.165) is 24.8 Å². The first-order valence-electron chi connectivity index (χ1n) is 5.50. The van der Waals surface area contributed by atoms with Crippen molar-refractivity contribution in [1.29, 1.82) is 0 Å². The zero-order valence-corrected chi connectivity index (χ0v) is 9.00. The van der Waals surface area contributed by atoms with Crippen molar-refractivity contribution in [3.05, 3.63) is 41.9 Å². The Morgan fingerprint density at radius 1 is 1.25 bits per heavy atom. The number of nitrogens with one attached hydrogen (secondary N) is 1. The summed E-state index contributed by atoms with van der Waals surface area (Å²) >= 11 is 0. The Bertz CT molecular complexity index is 426. The topological polar surface area (TPSA) is 29.1 Å². The maximum Gasteiger partial charge on any atom is 0.160 e. The molecule has 2 rings (SSSR count). The van der Waals surface area contributed by atoms with Gasteiger partial charge in [0.2, 0.25) is 0 Å². The number of hydrogen-bond donors (Lipinski definition) is 1. The van der Waals surface area contributed by atoms with Crippen LogP contribution in [0.3, 0.4) is 0 Å². The second-order valence-electron chi connectivity index (χ2n) is 3.95. The van der Waals surface area contributed by atoms with E-state index in [4.69, 9.17) is 0 Å². The Hall–Kier alpha value is -1.64. The highest BCUT2D eigenvalue weighted by Gasteiger charge is 2.14. The Morgan fingerprint density at radius 3 is 2.81 bits per heavy atom. The molecule has 1 aliphatic carbocycles. The number of ketones is 1. The Morgan fingerprint density at radius 2 is 2.06 bits per heavy atom. The Kier molecular flexibility index (Phi) is 3.34. The number of rotatable bonds is 2. The minimum Gasteiger partial charge on any atom is -0.361 e. The van der Waals surface area contributed by atoms with E-state index in [1.54, 1.807) is 18.3 Å². The molecule has 0 unspecified atom stereocenters. The van der Waals surface area contributed by atoms with Crippen LogP contribution in [0, 0.1) is 5.82 Å². The van der Waals surface area contributed by atoms with Crippen molar-refractivity contribution in [2.45, 2.75) is 25.7 Å².